The van der Waals surface area contributed by atoms with E-state index >= 15 is 0 Å². The van der Waals surface area contributed by atoms with Crippen molar-refractivity contribution in [2.75, 3.05) is 49.0 Å². The zero-order valence-electron chi connectivity index (χ0n) is 19.8. The Morgan fingerprint density at radius 3 is 2.53 bits per heavy atom. The normalized spacial score (nSPS) is 14.8. The van der Waals surface area contributed by atoms with Crippen LogP contribution in [0.15, 0.2) is 65.7 Å². The highest BCUT2D eigenvalue weighted by Gasteiger charge is 2.20. The molecule has 1 aliphatic heterocycles. The Hall–Kier alpha value is -3.67. The highest BCUT2D eigenvalue weighted by Crippen LogP contribution is 2.29. The van der Waals surface area contributed by atoms with E-state index < -0.39 is 10.0 Å². The third kappa shape index (κ3) is 5.13. The Bertz CT molecular complexity index is 1470. The highest BCUT2D eigenvalue weighted by atomic mass is 32.2. The van der Waals surface area contributed by atoms with Crippen LogP contribution in [0.5, 0.6) is 0 Å². The van der Waals surface area contributed by atoms with E-state index in [0.29, 0.717) is 17.2 Å². The molecule has 3 heterocycles. The number of nitrogens with two attached hydrogens (primary N) is 2. The first kappa shape index (κ1) is 24.0. The quantitative estimate of drug-likeness (QED) is 0.331. The summed E-state index contributed by atoms with van der Waals surface area (Å²) in [6.07, 6.45) is 2.50. The number of para-hydroxylation sites is 1. The van der Waals surface area contributed by atoms with Gasteiger partial charge >= 0.3 is 0 Å². The molecule has 0 saturated carbocycles. The number of imidazole rings is 1. The summed E-state index contributed by atoms with van der Waals surface area (Å²) in [5, 5.41) is 0. The lowest BCUT2D eigenvalue weighted by molar-refractivity contribution is 0.0370. The topological polar surface area (TPSA) is 141 Å². The number of hydrogen-bond acceptors (Lipinski definition) is 8. The van der Waals surface area contributed by atoms with E-state index in [1.165, 1.54) is 6.07 Å². The summed E-state index contributed by atoms with van der Waals surface area (Å²) in [5.74, 6) is 0.385. The minimum Gasteiger partial charge on any atom is -0.383 e. The van der Waals surface area contributed by atoms with Crippen LogP contribution in [-0.2, 0) is 21.3 Å². The van der Waals surface area contributed by atoms with Crippen molar-refractivity contribution in [3.05, 3.63) is 60.8 Å². The lowest BCUT2D eigenvalue weighted by Gasteiger charge is -2.26. The number of nitrogens with one attached hydrogen (secondary N) is 1. The van der Waals surface area contributed by atoms with E-state index in [-0.39, 0.29) is 10.7 Å². The summed E-state index contributed by atoms with van der Waals surface area (Å²) in [7, 11) is -3.93. The minimum atomic E-state index is -3.93. The van der Waals surface area contributed by atoms with Crippen molar-refractivity contribution in [2.45, 2.75) is 17.9 Å². The van der Waals surface area contributed by atoms with Gasteiger partial charge in [-0.05, 0) is 42.3 Å². The molecule has 5 N–H and O–H groups in total. The molecule has 36 heavy (non-hydrogen) atoms. The molecule has 2 aromatic heterocycles. The van der Waals surface area contributed by atoms with E-state index in [1.54, 1.807) is 30.5 Å². The van der Waals surface area contributed by atoms with Crippen LogP contribution in [-0.4, -0.2) is 60.7 Å². The Kier molecular flexibility index (Phi) is 6.77. The molecule has 0 amide bonds. The van der Waals surface area contributed by atoms with Crippen LogP contribution in [0, 0.1) is 0 Å². The molecule has 0 unspecified atom stereocenters. The second-order valence-corrected chi connectivity index (χ2v) is 10.4. The van der Waals surface area contributed by atoms with Crippen LogP contribution in [0.4, 0.5) is 17.5 Å². The SMILES string of the molecule is Nc1ncc(-c2ccc3nc(N)n(CCCN4CCOCC4)c3c2)cc1S(=O)(=O)Nc1ccccc1. The summed E-state index contributed by atoms with van der Waals surface area (Å²) in [4.78, 5) is 11.0. The van der Waals surface area contributed by atoms with Crippen LogP contribution in [0.1, 0.15) is 6.42 Å². The first-order chi connectivity index (χ1) is 17.4. The van der Waals surface area contributed by atoms with Crippen LogP contribution in [0.2, 0.25) is 0 Å². The van der Waals surface area contributed by atoms with Crippen LogP contribution in [0.25, 0.3) is 22.2 Å². The van der Waals surface area contributed by atoms with Gasteiger partial charge in [-0.3, -0.25) is 9.62 Å². The van der Waals surface area contributed by atoms with Gasteiger partial charge in [-0.15, -0.1) is 0 Å². The number of hydrogen-bond donors (Lipinski definition) is 3. The summed E-state index contributed by atoms with van der Waals surface area (Å²) >= 11 is 0. The second-order valence-electron chi connectivity index (χ2n) is 8.71. The molecule has 5 rings (SSSR count). The average Bonchev–Trinajstić information content (AvgIpc) is 3.19. The largest absolute Gasteiger partial charge is 0.383 e. The molecular formula is C25H29N7O3S. The zero-order valence-corrected chi connectivity index (χ0v) is 20.6. The molecular weight excluding hydrogens is 478 g/mol. The molecule has 11 heteroatoms. The number of rotatable bonds is 8. The number of aryl methyl sites for hydroxylation is 1. The maximum atomic E-state index is 13.1. The van der Waals surface area contributed by atoms with Crippen molar-refractivity contribution in [1.29, 1.82) is 0 Å². The predicted octanol–water partition coefficient (Wildman–Crippen LogP) is 2.79. The minimum absolute atomic E-state index is 0.0688. The van der Waals surface area contributed by atoms with E-state index in [9.17, 15) is 8.42 Å². The molecule has 1 saturated heterocycles. The Morgan fingerprint density at radius 1 is 0.972 bits per heavy atom. The van der Waals surface area contributed by atoms with Gasteiger partial charge in [-0.2, -0.15) is 0 Å². The van der Waals surface area contributed by atoms with Crippen LogP contribution < -0.4 is 16.2 Å². The third-order valence-corrected chi connectivity index (χ3v) is 7.68. The third-order valence-electron chi connectivity index (χ3n) is 6.27. The van der Waals surface area contributed by atoms with E-state index in [2.05, 4.69) is 19.6 Å². The smallest absolute Gasteiger partial charge is 0.265 e. The van der Waals surface area contributed by atoms with Crippen molar-refractivity contribution < 1.29 is 13.2 Å². The number of fused-ring (bicyclic) bond motifs is 1. The summed E-state index contributed by atoms with van der Waals surface area (Å²) in [6, 6.07) is 15.9. The second kappa shape index (κ2) is 10.1. The Balaban J connectivity index is 1.41. The number of morpholine rings is 1. The van der Waals surface area contributed by atoms with Gasteiger partial charge in [-0.25, -0.2) is 18.4 Å². The molecule has 10 nitrogen and oxygen atoms in total. The number of sulfonamides is 1. The fourth-order valence-electron chi connectivity index (χ4n) is 4.38. The maximum absolute atomic E-state index is 13.1. The number of benzene rings is 2. The molecule has 0 radical (unpaired) electrons. The molecule has 0 atom stereocenters. The van der Waals surface area contributed by atoms with Gasteiger partial charge in [0.05, 0.1) is 24.2 Å². The average molecular weight is 508 g/mol. The molecule has 0 spiro atoms. The Labute approximate surface area is 209 Å². The van der Waals surface area contributed by atoms with Gasteiger partial charge in [0, 0.05) is 43.6 Å². The standard InChI is InChI=1S/C25H29N7O3S/c26-24-23(36(33,34)30-20-5-2-1-3-6-20)16-19(17-28-24)18-7-8-21-22(15-18)32(25(27)29-21)10-4-9-31-11-13-35-14-12-31/h1-3,5-8,15-17,30H,4,9-14H2,(H2,26,28)(H2,27,29). The number of nitrogen functional groups attached to an aromatic ring is 2. The number of ether oxygens (including phenoxy) is 1. The summed E-state index contributed by atoms with van der Waals surface area (Å²) in [5.41, 5.74) is 15.7. The van der Waals surface area contributed by atoms with Gasteiger partial charge in [0.2, 0.25) is 5.95 Å². The first-order valence-electron chi connectivity index (χ1n) is 11.8. The fourth-order valence-corrected chi connectivity index (χ4v) is 5.54. The van der Waals surface area contributed by atoms with Crippen molar-refractivity contribution >= 4 is 38.5 Å². The molecule has 188 valence electrons. The monoisotopic (exact) mass is 507 g/mol. The molecule has 4 aromatic rings. The molecule has 1 aliphatic rings. The van der Waals surface area contributed by atoms with Crippen molar-refractivity contribution in [3.8, 4) is 11.1 Å². The number of pyridine rings is 1. The van der Waals surface area contributed by atoms with E-state index in [0.717, 1.165) is 62.4 Å². The molecule has 0 bridgehead atoms. The van der Waals surface area contributed by atoms with Gasteiger partial charge < -0.3 is 20.8 Å². The first-order valence-corrected chi connectivity index (χ1v) is 13.3. The van der Waals surface area contributed by atoms with Crippen LogP contribution >= 0.6 is 0 Å². The van der Waals surface area contributed by atoms with Crippen molar-refractivity contribution in [1.82, 2.24) is 19.4 Å². The highest BCUT2D eigenvalue weighted by molar-refractivity contribution is 7.92. The maximum Gasteiger partial charge on any atom is 0.265 e. The number of aromatic nitrogens is 3. The van der Waals surface area contributed by atoms with Crippen molar-refractivity contribution in [2.24, 2.45) is 0 Å². The van der Waals surface area contributed by atoms with Gasteiger partial charge in [0.1, 0.15) is 10.7 Å². The molecule has 2 aromatic carbocycles. The van der Waals surface area contributed by atoms with Crippen molar-refractivity contribution in [3.63, 3.8) is 0 Å². The zero-order chi connectivity index (χ0) is 25.1. The summed E-state index contributed by atoms with van der Waals surface area (Å²) < 4.78 is 36.1. The molecule has 0 aliphatic carbocycles. The predicted molar refractivity (Wildman–Crippen MR) is 141 cm³/mol. The van der Waals surface area contributed by atoms with Gasteiger partial charge in [0.15, 0.2) is 0 Å². The van der Waals surface area contributed by atoms with Gasteiger partial charge in [-0.1, -0.05) is 24.3 Å². The number of anilines is 3. The summed E-state index contributed by atoms with van der Waals surface area (Å²) in [6.45, 7) is 5.11. The van der Waals surface area contributed by atoms with Gasteiger partial charge in [0.25, 0.3) is 10.0 Å². The van der Waals surface area contributed by atoms with Crippen LogP contribution in [0.3, 0.4) is 0 Å². The van der Waals surface area contributed by atoms with E-state index in [4.69, 9.17) is 16.2 Å². The lowest BCUT2D eigenvalue weighted by atomic mass is 10.1. The number of nitrogens with zero attached hydrogens (tertiary/aromatic N) is 4. The fraction of sp³-hybridized carbons (Fsp3) is 0.280. The molecule has 1 fully saturated rings. The lowest BCUT2D eigenvalue weighted by Crippen LogP contribution is -2.37. The Morgan fingerprint density at radius 2 is 1.75 bits per heavy atom. The van der Waals surface area contributed by atoms with E-state index in [1.807, 2.05) is 28.8 Å².